The number of aromatic hydroxyl groups is 2. The summed E-state index contributed by atoms with van der Waals surface area (Å²) < 4.78 is 10.3. The van der Waals surface area contributed by atoms with Gasteiger partial charge >= 0.3 is 0 Å². The molecule has 88 valence electrons. The number of phenolic OH excluding ortho intramolecular Hbond substituents is 2. The van der Waals surface area contributed by atoms with Gasteiger partial charge in [-0.1, -0.05) is 0 Å². The van der Waals surface area contributed by atoms with Gasteiger partial charge in [-0.2, -0.15) is 0 Å². The van der Waals surface area contributed by atoms with Crippen molar-refractivity contribution < 1.29 is 19.7 Å². The molecule has 1 aliphatic heterocycles. The number of rotatable bonds is 2. The van der Waals surface area contributed by atoms with Crippen molar-refractivity contribution in [2.75, 3.05) is 26.9 Å². The van der Waals surface area contributed by atoms with Crippen LogP contribution in [0, 0.1) is 0 Å². The Kier molecular flexibility index (Phi) is 3.17. The Bertz CT molecular complexity index is 374. The van der Waals surface area contributed by atoms with Crippen molar-refractivity contribution in [3.05, 3.63) is 17.7 Å². The monoisotopic (exact) mass is 225 g/mol. The molecular weight excluding hydrogens is 210 g/mol. The number of hydrogen-bond acceptors (Lipinski definition) is 5. The van der Waals surface area contributed by atoms with E-state index in [0.717, 1.165) is 12.1 Å². The largest absolute Gasteiger partial charge is 0.504 e. The molecule has 1 fully saturated rings. The van der Waals surface area contributed by atoms with Crippen LogP contribution < -0.4 is 10.1 Å². The van der Waals surface area contributed by atoms with Crippen LogP contribution in [-0.4, -0.2) is 37.1 Å². The standard InChI is InChI=1S/C11H15NO4/c1-15-10-5-7(4-9(13)11(10)14)8-6-16-3-2-12-8/h4-5,8,12-14H,2-3,6H2,1H3. The van der Waals surface area contributed by atoms with E-state index in [0.29, 0.717) is 13.2 Å². The first-order valence-electron chi connectivity index (χ1n) is 5.13. The third kappa shape index (κ3) is 2.05. The van der Waals surface area contributed by atoms with Gasteiger partial charge < -0.3 is 25.0 Å². The summed E-state index contributed by atoms with van der Waals surface area (Å²) in [5.41, 5.74) is 0.840. The molecule has 1 aromatic rings. The van der Waals surface area contributed by atoms with Gasteiger partial charge in [-0.05, 0) is 17.7 Å². The number of morpholine rings is 1. The number of phenols is 2. The van der Waals surface area contributed by atoms with Crippen LogP contribution in [0.2, 0.25) is 0 Å². The van der Waals surface area contributed by atoms with E-state index in [1.165, 1.54) is 13.2 Å². The third-order valence-electron chi connectivity index (χ3n) is 2.62. The van der Waals surface area contributed by atoms with Crippen molar-refractivity contribution in [1.82, 2.24) is 5.32 Å². The van der Waals surface area contributed by atoms with Gasteiger partial charge in [0.2, 0.25) is 5.75 Å². The molecule has 1 aliphatic rings. The Balaban J connectivity index is 2.29. The lowest BCUT2D eigenvalue weighted by atomic mass is 10.1. The van der Waals surface area contributed by atoms with Gasteiger partial charge in [0.1, 0.15) is 0 Å². The van der Waals surface area contributed by atoms with E-state index < -0.39 is 0 Å². The van der Waals surface area contributed by atoms with E-state index in [1.807, 2.05) is 0 Å². The molecule has 3 N–H and O–H groups in total. The van der Waals surface area contributed by atoms with E-state index in [-0.39, 0.29) is 23.3 Å². The molecule has 0 bridgehead atoms. The second-order valence-electron chi connectivity index (χ2n) is 3.67. The SMILES string of the molecule is COc1cc(C2COCCN2)cc(O)c1O. The molecule has 0 radical (unpaired) electrons. The Labute approximate surface area is 93.6 Å². The second-order valence-corrected chi connectivity index (χ2v) is 3.67. The van der Waals surface area contributed by atoms with E-state index in [4.69, 9.17) is 9.47 Å². The summed E-state index contributed by atoms with van der Waals surface area (Å²) in [6.45, 7) is 2.01. The fourth-order valence-electron chi connectivity index (χ4n) is 1.75. The van der Waals surface area contributed by atoms with Gasteiger partial charge in [0.25, 0.3) is 0 Å². The molecule has 16 heavy (non-hydrogen) atoms. The van der Waals surface area contributed by atoms with Crippen LogP contribution in [0.15, 0.2) is 12.1 Å². The summed E-state index contributed by atoms with van der Waals surface area (Å²) in [5.74, 6) is -0.146. The average Bonchev–Trinajstić information content (AvgIpc) is 2.33. The van der Waals surface area contributed by atoms with Crippen LogP contribution in [0.25, 0.3) is 0 Å². The summed E-state index contributed by atoms with van der Waals surface area (Å²) in [4.78, 5) is 0. The maximum Gasteiger partial charge on any atom is 0.200 e. The quantitative estimate of drug-likeness (QED) is 0.648. The first-order chi connectivity index (χ1) is 7.72. The van der Waals surface area contributed by atoms with Gasteiger partial charge in [0.05, 0.1) is 26.4 Å². The minimum atomic E-state index is -0.233. The Morgan fingerprint density at radius 2 is 2.25 bits per heavy atom. The van der Waals surface area contributed by atoms with Crippen LogP contribution in [0.3, 0.4) is 0 Å². The normalized spacial score (nSPS) is 20.7. The molecular formula is C11H15NO4. The predicted octanol–water partition coefficient (Wildman–Crippen LogP) is 0.767. The van der Waals surface area contributed by atoms with Crippen LogP contribution in [0.1, 0.15) is 11.6 Å². The molecule has 0 aromatic heterocycles. The molecule has 0 aliphatic carbocycles. The molecule has 2 rings (SSSR count). The van der Waals surface area contributed by atoms with E-state index >= 15 is 0 Å². The van der Waals surface area contributed by atoms with Gasteiger partial charge in [-0.3, -0.25) is 0 Å². The van der Waals surface area contributed by atoms with Gasteiger partial charge in [-0.25, -0.2) is 0 Å². The average molecular weight is 225 g/mol. The van der Waals surface area contributed by atoms with Crippen molar-refractivity contribution in [2.45, 2.75) is 6.04 Å². The lowest BCUT2D eigenvalue weighted by Crippen LogP contribution is -2.34. The van der Waals surface area contributed by atoms with Gasteiger partial charge in [0, 0.05) is 6.54 Å². The summed E-state index contributed by atoms with van der Waals surface area (Å²) in [7, 11) is 1.45. The molecule has 0 amide bonds. The number of nitrogens with one attached hydrogen (secondary N) is 1. The third-order valence-corrected chi connectivity index (χ3v) is 2.62. The van der Waals surface area contributed by atoms with Crippen LogP contribution >= 0.6 is 0 Å². The van der Waals surface area contributed by atoms with Gasteiger partial charge in [-0.15, -0.1) is 0 Å². The highest BCUT2D eigenvalue weighted by atomic mass is 16.5. The second kappa shape index (κ2) is 4.59. The first kappa shape index (κ1) is 11.0. The highest BCUT2D eigenvalue weighted by Crippen LogP contribution is 2.38. The summed E-state index contributed by atoms with van der Waals surface area (Å²) in [6.07, 6.45) is 0. The minimum Gasteiger partial charge on any atom is -0.504 e. The maximum absolute atomic E-state index is 9.54. The van der Waals surface area contributed by atoms with E-state index in [1.54, 1.807) is 6.07 Å². The van der Waals surface area contributed by atoms with Crippen molar-refractivity contribution in [2.24, 2.45) is 0 Å². The highest BCUT2D eigenvalue weighted by molar-refractivity contribution is 5.52. The highest BCUT2D eigenvalue weighted by Gasteiger charge is 2.19. The van der Waals surface area contributed by atoms with E-state index in [9.17, 15) is 10.2 Å². The zero-order valence-electron chi connectivity index (χ0n) is 9.06. The Morgan fingerprint density at radius 3 is 2.88 bits per heavy atom. The molecule has 0 saturated carbocycles. The number of methoxy groups -OCH3 is 1. The maximum atomic E-state index is 9.54. The lowest BCUT2D eigenvalue weighted by Gasteiger charge is -2.24. The zero-order valence-corrected chi connectivity index (χ0v) is 9.06. The van der Waals surface area contributed by atoms with Crippen molar-refractivity contribution >= 4 is 0 Å². The molecule has 1 atom stereocenters. The smallest absolute Gasteiger partial charge is 0.200 e. The summed E-state index contributed by atoms with van der Waals surface area (Å²) in [5, 5.41) is 22.3. The number of ether oxygens (including phenoxy) is 2. The summed E-state index contributed by atoms with van der Waals surface area (Å²) >= 11 is 0. The fourth-order valence-corrected chi connectivity index (χ4v) is 1.75. The number of benzene rings is 1. The molecule has 5 heteroatoms. The first-order valence-corrected chi connectivity index (χ1v) is 5.13. The molecule has 1 unspecified atom stereocenters. The lowest BCUT2D eigenvalue weighted by molar-refractivity contribution is 0.0767. The zero-order chi connectivity index (χ0) is 11.5. The fraction of sp³-hybridized carbons (Fsp3) is 0.455. The molecule has 1 saturated heterocycles. The Morgan fingerprint density at radius 1 is 1.44 bits per heavy atom. The molecule has 1 aromatic carbocycles. The predicted molar refractivity (Wildman–Crippen MR) is 57.9 cm³/mol. The van der Waals surface area contributed by atoms with Crippen molar-refractivity contribution in [3.8, 4) is 17.2 Å². The van der Waals surface area contributed by atoms with Crippen molar-refractivity contribution in [1.29, 1.82) is 0 Å². The molecule has 5 nitrogen and oxygen atoms in total. The van der Waals surface area contributed by atoms with E-state index in [2.05, 4.69) is 5.32 Å². The van der Waals surface area contributed by atoms with Crippen LogP contribution in [0.5, 0.6) is 17.2 Å². The molecule has 1 heterocycles. The van der Waals surface area contributed by atoms with Crippen LogP contribution in [-0.2, 0) is 4.74 Å². The molecule has 0 spiro atoms. The van der Waals surface area contributed by atoms with Crippen molar-refractivity contribution in [3.63, 3.8) is 0 Å². The minimum absolute atomic E-state index is 0.0224. The Hall–Kier alpha value is -1.46. The van der Waals surface area contributed by atoms with Crippen LogP contribution in [0.4, 0.5) is 0 Å². The topological polar surface area (TPSA) is 71.0 Å². The summed E-state index contributed by atoms with van der Waals surface area (Å²) in [6, 6.07) is 3.24. The van der Waals surface area contributed by atoms with Gasteiger partial charge in [0.15, 0.2) is 11.5 Å². The number of hydrogen-bond donors (Lipinski definition) is 3.